The summed E-state index contributed by atoms with van der Waals surface area (Å²) >= 11 is 0. The first kappa shape index (κ1) is 44.0. The quantitative estimate of drug-likeness (QED) is 0.172. The van der Waals surface area contributed by atoms with Gasteiger partial charge in [0.05, 0.1) is 6.04 Å². The zero-order valence-corrected chi connectivity index (χ0v) is 27.0. The highest BCUT2D eigenvalue weighted by Gasteiger charge is 2.39. The first-order valence-electron chi connectivity index (χ1n) is 14.5. The molecule has 0 spiro atoms. The Morgan fingerprint density at radius 2 is 1.38 bits per heavy atom. The van der Waals surface area contributed by atoms with Crippen molar-refractivity contribution in [3.05, 3.63) is 95.1 Å². The van der Waals surface area contributed by atoms with E-state index in [2.05, 4.69) is 10.6 Å². The number of hydrogen-bond acceptors (Lipinski definition) is 9. The Kier molecular flexibility index (Phi) is 16.9. The number of rotatable bonds is 7. The van der Waals surface area contributed by atoms with Gasteiger partial charge in [0.1, 0.15) is 6.54 Å². The van der Waals surface area contributed by atoms with Gasteiger partial charge in [-0.15, -0.1) is 0 Å². The Balaban J connectivity index is 0.000000388. The number of amides is 3. The van der Waals surface area contributed by atoms with E-state index >= 15 is 0 Å². The zero-order valence-electron chi connectivity index (χ0n) is 27.0. The fourth-order valence-corrected chi connectivity index (χ4v) is 3.74. The number of imide groups is 1. The predicted octanol–water partition coefficient (Wildman–Crippen LogP) is 3.40. The summed E-state index contributed by atoms with van der Waals surface area (Å²) in [6.07, 6.45) is -9.20. The fourth-order valence-electron chi connectivity index (χ4n) is 3.74. The normalized spacial score (nSPS) is 11.9. The van der Waals surface area contributed by atoms with Crippen molar-refractivity contribution in [2.45, 2.75) is 38.3 Å². The number of halogens is 6. The van der Waals surface area contributed by atoms with Gasteiger partial charge in [-0.25, -0.2) is 9.59 Å². The molecule has 0 aliphatic carbocycles. The van der Waals surface area contributed by atoms with Crippen LogP contribution in [0.2, 0.25) is 0 Å². The smallest absolute Gasteiger partial charge is 0.480 e. The molecule has 0 bridgehead atoms. The lowest BCUT2D eigenvalue weighted by molar-refractivity contribution is -0.193. The fraction of sp³-hybridized carbons (Fsp3) is 0.250. The van der Waals surface area contributed by atoms with Gasteiger partial charge in [0.2, 0.25) is 5.91 Å². The molecule has 1 aliphatic heterocycles. The number of carbonyl (C=O) groups is 6. The highest BCUT2D eigenvalue weighted by atomic mass is 19.4. The van der Waals surface area contributed by atoms with Crippen LogP contribution in [0.4, 0.5) is 37.7 Å². The molecule has 3 amide bonds. The van der Waals surface area contributed by atoms with Crippen molar-refractivity contribution in [1.82, 2.24) is 5.32 Å². The van der Waals surface area contributed by atoms with Gasteiger partial charge in [0, 0.05) is 35.6 Å². The molecule has 282 valence electrons. The lowest BCUT2D eigenvalue weighted by atomic mass is 10.1. The van der Waals surface area contributed by atoms with Crippen LogP contribution in [0.15, 0.2) is 72.8 Å². The third-order valence-corrected chi connectivity index (χ3v) is 6.23. The maximum atomic E-state index is 12.6. The molecule has 20 heteroatoms. The molecule has 1 atom stereocenters. The largest absolute Gasteiger partial charge is 0.490 e. The van der Waals surface area contributed by atoms with Crippen LogP contribution in [-0.4, -0.2) is 82.4 Å². The van der Waals surface area contributed by atoms with Crippen LogP contribution < -0.4 is 27.0 Å². The number of anilines is 2. The predicted molar refractivity (Wildman–Crippen MR) is 172 cm³/mol. The summed E-state index contributed by atoms with van der Waals surface area (Å²) in [6.45, 7) is 2.35. The van der Waals surface area contributed by atoms with Crippen molar-refractivity contribution >= 4 is 47.0 Å². The lowest BCUT2D eigenvalue weighted by Crippen LogP contribution is -2.41. The van der Waals surface area contributed by atoms with E-state index in [4.69, 9.17) is 36.4 Å². The average molecular weight is 746 g/mol. The van der Waals surface area contributed by atoms with Crippen LogP contribution in [0.25, 0.3) is 0 Å². The lowest BCUT2D eigenvalue weighted by Gasteiger charge is -2.21. The van der Waals surface area contributed by atoms with Crippen LogP contribution in [0.5, 0.6) is 0 Å². The van der Waals surface area contributed by atoms with Gasteiger partial charge in [-0.2, -0.15) is 26.3 Å². The molecular formula is C32H33F6N5O9. The molecule has 0 radical (unpaired) electrons. The standard InChI is InChI=1S/C16H16N2O3.C12H15N3O2.2C2HF3O2/c17-10-12-5-4-6-13(9-12)16(21)18(11-15(19)20)14-7-2-1-3-8-14;1-7(13)11(16)15-12(17)9-3-2-8-4-5-14-10(8)6-9;2*3-2(4,5)1(6)7/h1-9H,10-11,17H2,(H,19,20);2-3,6-7,14H,4-5,13H2,1H3,(H,15,16,17);2*(H,6,7)/t;7-;;/m.1../s1. The van der Waals surface area contributed by atoms with Crippen molar-refractivity contribution in [2.24, 2.45) is 11.5 Å². The maximum Gasteiger partial charge on any atom is 0.490 e. The van der Waals surface area contributed by atoms with Gasteiger partial charge >= 0.3 is 30.3 Å². The molecule has 0 saturated heterocycles. The number of aliphatic carboxylic acids is 3. The molecule has 1 aliphatic rings. The van der Waals surface area contributed by atoms with E-state index in [0.717, 1.165) is 24.2 Å². The topological polar surface area (TPSA) is 242 Å². The molecule has 4 rings (SSSR count). The Bertz CT molecular complexity index is 1690. The van der Waals surface area contributed by atoms with Crippen molar-refractivity contribution < 1.29 is 70.4 Å². The number of hydrogen-bond donors (Lipinski definition) is 7. The van der Waals surface area contributed by atoms with Crippen LogP contribution in [0.3, 0.4) is 0 Å². The summed E-state index contributed by atoms with van der Waals surface area (Å²) in [7, 11) is 0. The zero-order chi connectivity index (χ0) is 39.8. The van der Waals surface area contributed by atoms with E-state index in [1.807, 2.05) is 18.2 Å². The number of fused-ring (bicyclic) bond motifs is 1. The second-order valence-electron chi connectivity index (χ2n) is 10.3. The number of benzene rings is 3. The van der Waals surface area contributed by atoms with Gasteiger partial charge in [0.25, 0.3) is 11.8 Å². The van der Waals surface area contributed by atoms with E-state index in [1.54, 1.807) is 54.6 Å². The summed E-state index contributed by atoms with van der Waals surface area (Å²) in [4.78, 5) is 65.7. The number of carboxylic acids is 3. The first-order valence-corrected chi connectivity index (χ1v) is 14.5. The molecule has 3 aromatic rings. The van der Waals surface area contributed by atoms with Gasteiger partial charge in [0.15, 0.2) is 0 Å². The molecule has 3 aromatic carbocycles. The third-order valence-electron chi connectivity index (χ3n) is 6.23. The van der Waals surface area contributed by atoms with Crippen molar-refractivity contribution in [3.8, 4) is 0 Å². The Hall–Kier alpha value is -6.02. The van der Waals surface area contributed by atoms with Crippen LogP contribution in [0, 0.1) is 0 Å². The van der Waals surface area contributed by atoms with Crippen molar-refractivity contribution in [1.29, 1.82) is 0 Å². The second kappa shape index (κ2) is 20.0. The molecular weight excluding hydrogens is 712 g/mol. The van der Waals surface area contributed by atoms with Crippen LogP contribution in [-0.2, 0) is 32.1 Å². The second-order valence-corrected chi connectivity index (χ2v) is 10.3. The molecule has 0 aromatic heterocycles. The molecule has 0 saturated carbocycles. The summed E-state index contributed by atoms with van der Waals surface area (Å²) in [5.41, 5.74) is 15.4. The summed E-state index contributed by atoms with van der Waals surface area (Å²) < 4.78 is 63.5. The molecule has 14 nitrogen and oxygen atoms in total. The van der Waals surface area contributed by atoms with E-state index < -0.39 is 54.7 Å². The Morgan fingerprint density at radius 1 is 0.827 bits per heavy atom. The maximum absolute atomic E-state index is 12.6. The molecule has 9 N–H and O–H groups in total. The number of alkyl halides is 6. The minimum atomic E-state index is -5.08. The number of carbonyl (C=O) groups excluding carboxylic acids is 3. The van der Waals surface area contributed by atoms with Gasteiger partial charge in [-0.3, -0.25) is 29.4 Å². The van der Waals surface area contributed by atoms with Gasteiger partial charge < -0.3 is 32.1 Å². The summed E-state index contributed by atoms with van der Waals surface area (Å²) in [5.74, 6) is -7.83. The number of nitrogens with zero attached hydrogens (tertiary/aromatic N) is 1. The number of nitrogens with two attached hydrogens (primary N) is 2. The highest BCUT2D eigenvalue weighted by Crippen LogP contribution is 2.23. The van der Waals surface area contributed by atoms with Crippen molar-refractivity contribution in [3.63, 3.8) is 0 Å². The number of nitrogens with one attached hydrogen (secondary N) is 2. The molecule has 52 heavy (non-hydrogen) atoms. The number of para-hydroxylation sites is 1. The first-order chi connectivity index (χ1) is 24.1. The molecule has 0 fully saturated rings. The SMILES string of the molecule is C[C@@H](N)C(=O)NC(=O)c1ccc2c(c1)NCC2.NCc1cccc(C(=O)N(CC(=O)O)c2ccccc2)c1.O=C(O)C(F)(F)F.O=C(O)C(F)(F)F. The molecule has 1 heterocycles. The number of carboxylic acid groups (broad SMARTS) is 3. The Labute approximate surface area is 291 Å². The average Bonchev–Trinajstić information content (AvgIpc) is 3.55. The van der Waals surface area contributed by atoms with E-state index in [-0.39, 0.29) is 5.91 Å². The summed E-state index contributed by atoms with van der Waals surface area (Å²) in [5, 5.41) is 28.7. The molecule has 0 unspecified atom stereocenters. The summed E-state index contributed by atoms with van der Waals surface area (Å²) in [6, 6.07) is 20.3. The van der Waals surface area contributed by atoms with Crippen LogP contribution in [0.1, 0.15) is 38.8 Å². The minimum absolute atomic E-state index is 0.325. The van der Waals surface area contributed by atoms with Crippen molar-refractivity contribution in [2.75, 3.05) is 23.3 Å². The van der Waals surface area contributed by atoms with Gasteiger partial charge in [-0.05, 0) is 60.9 Å². The third kappa shape index (κ3) is 15.3. The van der Waals surface area contributed by atoms with Gasteiger partial charge in [-0.1, -0.05) is 36.4 Å². The highest BCUT2D eigenvalue weighted by molar-refractivity contribution is 6.08. The van der Waals surface area contributed by atoms with E-state index in [9.17, 15) is 45.5 Å². The van der Waals surface area contributed by atoms with Crippen LogP contribution >= 0.6 is 0 Å². The minimum Gasteiger partial charge on any atom is -0.480 e. The monoisotopic (exact) mass is 745 g/mol. The van der Waals surface area contributed by atoms with E-state index in [1.165, 1.54) is 17.4 Å². The van der Waals surface area contributed by atoms with E-state index in [0.29, 0.717) is 23.4 Å². The Morgan fingerprint density at radius 3 is 1.87 bits per heavy atom.